The molecule has 2 rings (SSSR count). The number of rotatable bonds is 1. The van der Waals surface area contributed by atoms with Crippen LogP contribution in [-0.4, -0.2) is 15.0 Å². The third kappa shape index (κ3) is 1.69. The number of nitrogens with zero attached hydrogens (tertiary/aromatic N) is 3. The lowest BCUT2D eigenvalue weighted by atomic mass is 10.2. The Morgan fingerprint density at radius 1 is 1.08 bits per heavy atom. The summed E-state index contributed by atoms with van der Waals surface area (Å²) in [6, 6.07) is 5.82. The highest BCUT2D eigenvalue weighted by molar-refractivity contribution is 5.57. The van der Waals surface area contributed by atoms with E-state index in [2.05, 4.69) is 15.0 Å². The van der Waals surface area contributed by atoms with Crippen molar-refractivity contribution in [3.05, 3.63) is 42.6 Å². The van der Waals surface area contributed by atoms with Crippen molar-refractivity contribution < 1.29 is 0 Å². The molecule has 3 heteroatoms. The molecule has 0 atom stereocenters. The number of aromatic nitrogens is 3. The normalized spacial score (nSPS) is 9.92. The van der Waals surface area contributed by atoms with E-state index in [9.17, 15) is 0 Å². The Balaban J connectivity index is 2.48. The van der Waals surface area contributed by atoms with Crippen molar-refractivity contribution in [2.75, 3.05) is 0 Å². The van der Waals surface area contributed by atoms with E-state index in [0.29, 0.717) is 0 Å². The summed E-state index contributed by atoms with van der Waals surface area (Å²) >= 11 is 0. The Morgan fingerprint density at radius 2 is 1.85 bits per heavy atom. The summed E-state index contributed by atoms with van der Waals surface area (Å²) in [5, 5.41) is 0. The summed E-state index contributed by atoms with van der Waals surface area (Å²) in [4.78, 5) is 12.2. The van der Waals surface area contributed by atoms with Gasteiger partial charge in [0, 0.05) is 23.7 Å². The molecule has 64 valence electrons. The molecule has 2 heterocycles. The minimum absolute atomic E-state index is 0.940. The highest BCUT2D eigenvalue weighted by Gasteiger charge is 1.97. The van der Waals surface area contributed by atoms with Crippen molar-refractivity contribution in [1.29, 1.82) is 0 Å². The van der Waals surface area contributed by atoms with Gasteiger partial charge in [-0.25, -0.2) is 9.97 Å². The lowest BCUT2D eigenvalue weighted by Crippen LogP contribution is -1.87. The smallest absolute Gasteiger partial charge is 0.116 e. The highest BCUT2D eigenvalue weighted by Crippen LogP contribution is 2.14. The lowest BCUT2D eigenvalue weighted by Gasteiger charge is -1.99. The maximum absolute atomic E-state index is 4.17. The summed E-state index contributed by atoms with van der Waals surface area (Å²) in [7, 11) is 0. The molecule has 2 aromatic heterocycles. The number of hydrogen-bond donors (Lipinski definition) is 0. The van der Waals surface area contributed by atoms with Crippen molar-refractivity contribution >= 4 is 0 Å². The Morgan fingerprint density at radius 3 is 2.54 bits per heavy atom. The van der Waals surface area contributed by atoms with Crippen LogP contribution in [-0.2, 0) is 0 Å². The van der Waals surface area contributed by atoms with Crippen LogP contribution < -0.4 is 0 Å². The molecule has 0 N–H and O–H groups in total. The van der Waals surface area contributed by atoms with Gasteiger partial charge in [-0.15, -0.1) is 0 Å². The Labute approximate surface area is 76.5 Å². The monoisotopic (exact) mass is 171 g/mol. The standard InChI is InChI=1S/C10H9N3/c1-8-6-10(13-7-12-8)9-2-4-11-5-3-9/h2-7H,1H3. The molecule has 0 fully saturated rings. The molecule has 0 bridgehead atoms. The molecule has 0 aliphatic heterocycles. The number of aryl methyl sites for hydroxylation is 1. The number of pyridine rings is 1. The van der Waals surface area contributed by atoms with E-state index in [1.165, 1.54) is 0 Å². The molecule has 3 nitrogen and oxygen atoms in total. The molecule has 0 unspecified atom stereocenters. The molecule has 0 saturated carbocycles. The van der Waals surface area contributed by atoms with Gasteiger partial charge in [0.1, 0.15) is 6.33 Å². The molecule has 0 radical (unpaired) electrons. The van der Waals surface area contributed by atoms with Gasteiger partial charge in [-0.2, -0.15) is 0 Å². The van der Waals surface area contributed by atoms with Crippen molar-refractivity contribution in [1.82, 2.24) is 15.0 Å². The SMILES string of the molecule is Cc1cc(-c2ccncc2)ncn1. The molecule has 0 aromatic carbocycles. The van der Waals surface area contributed by atoms with Crippen molar-refractivity contribution in [3.8, 4) is 11.3 Å². The molecule has 2 aromatic rings. The number of hydrogen-bond acceptors (Lipinski definition) is 3. The van der Waals surface area contributed by atoms with E-state index in [1.54, 1.807) is 18.7 Å². The lowest BCUT2D eigenvalue weighted by molar-refractivity contribution is 1.10. The van der Waals surface area contributed by atoms with Gasteiger partial charge in [0.2, 0.25) is 0 Å². The fourth-order valence-electron chi connectivity index (χ4n) is 1.14. The average molecular weight is 171 g/mol. The zero-order chi connectivity index (χ0) is 9.10. The van der Waals surface area contributed by atoms with E-state index in [4.69, 9.17) is 0 Å². The first-order valence-corrected chi connectivity index (χ1v) is 4.05. The molecular formula is C10H9N3. The van der Waals surface area contributed by atoms with Gasteiger partial charge >= 0.3 is 0 Å². The summed E-state index contributed by atoms with van der Waals surface area (Å²) in [5.74, 6) is 0. The Hall–Kier alpha value is -1.77. The van der Waals surface area contributed by atoms with Crippen LogP contribution in [0, 0.1) is 6.92 Å². The quantitative estimate of drug-likeness (QED) is 0.657. The Kier molecular flexibility index (Phi) is 2.00. The predicted molar refractivity (Wildman–Crippen MR) is 50.0 cm³/mol. The minimum atomic E-state index is 0.940. The highest BCUT2D eigenvalue weighted by atomic mass is 14.8. The third-order valence-electron chi connectivity index (χ3n) is 1.78. The van der Waals surface area contributed by atoms with Crippen LogP contribution in [0.4, 0.5) is 0 Å². The van der Waals surface area contributed by atoms with Gasteiger partial charge < -0.3 is 0 Å². The zero-order valence-corrected chi connectivity index (χ0v) is 7.31. The second kappa shape index (κ2) is 3.31. The second-order valence-corrected chi connectivity index (χ2v) is 2.78. The van der Waals surface area contributed by atoms with Crippen LogP contribution >= 0.6 is 0 Å². The summed E-state index contributed by atoms with van der Waals surface area (Å²) < 4.78 is 0. The third-order valence-corrected chi connectivity index (χ3v) is 1.78. The molecule has 0 aliphatic rings. The molecule has 0 amide bonds. The van der Waals surface area contributed by atoms with Crippen molar-refractivity contribution in [3.63, 3.8) is 0 Å². The molecule has 0 saturated heterocycles. The van der Waals surface area contributed by atoms with E-state index >= 15 is 0 Å². The fraction of sp³-hybridized carbons (Fsp3) is 0.100. The van der Waals surface area contributed by atoms with Crippen LogP contribution in [0.1, 0.15) is 5.69 Å². The molecule has 0 spiro atoms. The van der Waals surface area contributed by atoms with Crippen LogP contribution in [0.5, 0.6) is 0 Å². The van der Waals surface area contributed by atoms with E-state index < -0.39 is 0 Å². The first-order valence-electron chi connectivity index (χ1n) is 4.05. The largest absolute Gasteiger partial charge is 0.265 e. The summed E-state index contributed by atoms with van der Waals surface area (Å²) in [5.41, 5.74) is 2.98. The first kappa shape index (κ1) is 7.86. The zero-order valence-electron chi connectivity index (χ0n) is 7.31. The average Bonchev–Trinajstić information content (AvgIpc) is 2.19. The van der Waals surface area contributed by atoms with E-state index in [-0.39, 0.29) is 0 Å². The van der Waals surface area contributed by atoms with Crippen LogP contribution in [0.2, 0.25) is 0 Å². The van der Waals surface area contributed by atoms with Crippen LogP contribution in [0.3, 0.4) is 0 Å². The minimum Gasteiger partial charge on any atom is -0.265 e. The predicted octanol–water partition coefficient (Wildman–Crippen LogP) is 1.85. The van der Waals surface area contributed by atoms with Gasteiger partial charge in [0.25, 0.3) is 0 Å². The van der Waals surface area contributed by atoms with Gasteiger partial charge in [0.15, 0.2) is 0 Å². The summed E-state index contributed by atoms with van der Waals surface area (Å²) in [6.07, 6.45) is 5.09. The van der Waals surface area contributed by atoms with Gasteiger partial charge in [0.05, 0.1) is 5.69 Å². The van der Waals surface area contributed by atoms with Gasteiger partial charge in [-0.3, -0.25) is 4.98 Å². The van der Waals surface area contributed by atoms with Gasteiger partial charge in [-0.1, -0.05) is 0 Å². The fourth-order valence-corrected chi connectivity index (χ4v) is 1.14. The second-order valence-electron chi connectivity index (χ2n) is 2.78. The van der Waals surface area contributed by atoms with E-state index in [1.807, 2.05) is 25.1 Å². The Bertz CT molecular complexity index is 398. The van der Waals surface area contributed by atoms with Crippen molar-refractivity contribution in [2.24, 2.45) is 0 Å². The van der Waals surface area contributed by atoms with E-state index in [0.717, 1.165) is 17.0 Å². The molecule has 0 aliphatic carbocycles. The topological polar surface area (TPSA) is 38.7 Å². The maximum Gasteiger partial charge on any atom is 0.116 e. The maximum atomic E-state index is 4.17. The first-order chi connectivity index (χ1) is 6.36. The van der Waals surface area contributed by atoms with Crippen LogP contribution in [0.15, 0.2) is 36.9 Å². The van der Waals surface area contributed by atoms with Crippen molar-refractivity contribution in [2.45, 2.75) is 6.92 Å². The van der Waals surface area contributed by atoms with Gasteiger partial charge in [-0.05, 0) is 25.1 Å². The molecule has 13 heavy (non-hydrogen) atoms. The summed E-state index contributed by atoms with van der Waals surface area (Å²) in [6.45, 7) is 1.95. The molecular weight excluding hydrogens is 162 g/mol. The van der Waals surface area contributed by atoms with Crippen LogP contribution in [0.25, 0.3) is 11.3 Å².